The fraction of sp³-hybridized carbons (Fsp3) is 0.0476. The highest BCUT2D eigenvalue weighted by atomic mass is 35.5. The average Bonchev–Trinajstić information content (AvgIpc) is 2.65. The van der Waals surface area contributed by atoms with Gasteiger partial charge in [-0.15, -0.1) is 0 Å². The Labute approximate surface area is 161 Å². The van der Waals surface area contributed by atoms with Gasteiger partial charge in [0.15, 0.2) is 0 Å². The van der Waals surface area contributed by atoms with Gasteiger partial charge in [-0.2, -0.15) is 0 Å². The quantitative estimate of drug-likeness (QED) is 0.644. The number of rotatable bonds is 4. The van der Waals surface area contributed by atoms with Crippen LogP contribution in [0.25, 0.3) is 0 Å². The summed E-state index contributed by atoms with van der Waals surface area (Å²) in [6.45, 7) is 1.81. The van der Waals surface area contributed by atoms with E-state index in [1.54, 1.807) is 49.4 Å². The normalized spacial score (nSPS) is 10.3. The number of carbonyl (C=O) groups excluding carboxylic acids is 2. The molecular formula is C21H16ClFN2O2. The number of hydrogen-bond acceptors (Lipinski definition) is 2. The average molecular weight is 383 g/mol. The molecule has 0 aliphatic carbocycles. The van der Waals surface area contributed by atoms with Gasteiger partial charge < -0.3 is 10.6 Å². The van der Waals surface area contributed by atoms with Crippen LogP contribution >= 0.6 is 11.6 Å². The molecule has 0 fully saturated rings. The van der Waals surface area contributed by atoms with Crippen LogP contribution in [-0.4, -0.2) is 11.8 Å². The molecule has 0 saturated carbocycles. The fourth-order valence-corrected chi connectivity index (χ4v) is 2.68. The van der Waals surface area contributed by atoms with Crippen molar-refractivity contribution in [3.63, 3.8) is 0 Å². The smallest absolute Gasteiger partial charge is 0.255 e. The lowest BCUT2D eigenvalue weighted by Crippen LogP contribution is -2.16. The van der Waals surface area contributed by atoms with Crippen molar-refractivity contribution in [3.8, 4) is 0 Å². The van der Waals surface area contributed by atoms with Crippen molar-refractivity contribution in [3.05, 3.63) is 94.3 Å². The van der Waals surface area contributed by atoms with Crippen LogP contribution in [0.2, 0.25) is 5.02 Å². The predicted octanol–water partition coefficient (Wildman–Crippen LogP) is 5.29. The van der Waals surface area contributed by atoms with Crippen molar-refractivity contribution < 1.29 is 14.0 Å². The van der Waals surface area contributed by atoms with Gasteiger partial charge in [0.2, 0.25) is 0 Å². The Morgan fingerprint density at radius 1 is 0.852 bits per heavy atom. The maximum absolute atomic E-state index is 13.2. The zero-order chi connectivity index (χ0) is 19.4. The Kier molecular flexibility index (Phi) is 5.52. The van der Waals surface area contributed by atoms with E-state index in [2.05, 4.69) is 10.6 Å². The molecule has 27 heavy (non-hydrogen) atoms. The molecule has 0 heterocycles. The molecule has 0 aromatic heterocycles. The van der Waals surface area contributed by atoms with E-state index in [4.69, 9.17) is 11.6 Å². The standard InChI is InChI=1S/C21H16ClFN2O2/c1-13-18(22)9-4-10-19(13)25-21(27)15-6-2-5-14(11-15)20(26)24-17-8-3-7-16(23)12-17/h2-12H,1H3,(H,24,26)(H,25,27). The van der Waals surface area contributed by atoms with E-state index in [0.29, 0.717) is 22.0 Å². The molecule has 3 aromatic carbocycles. The monoisotopic (exact) mass is 382 g/mol. The molecule has 0 spiro atoms. The zero-order valence-corrected chi connectivity index (χ0v) is 15.2. The van der Waals surface area contributed by atoms with Crippen molar-refractivity contribution in [2.45, 2.75) is 6.92 Å². The van der Waals surface area contributed by atoms with Crippen LogP contribution in [0.4, 0.5) is 15.8 Å². The van der Waals surface area contributed by atoms with Crippen LogP contribution in [0, 0.1) is 12.7 Å². The van der Waals surface area contributed by atoms with Crippen LogP contribution in [0.15, 0.2) is 66.7 Å². The topological polar surface area (TPSA) is 58.2 Å². The van der Waals surface area contributed by atoms with Gasteiger partial charge in [0.25, 0.3) is 11.8 Å². The van der Waals surface area contributed by atoms with Gasteiger partial charge >= 0.3 is 0 Å². The minimum absolute atomic E-state index is 0.287. The van der Waals surface area contributed by atoms with Gasteiger partial charge in [-0.25, -0.2) is 4.39 Å². The van der Waals surface area contributed by atoms with Gasteiger partial charge in [0.1, 0.15) is 5.82 Å². The van der Waals surface area contributed by atoms with Gasteiger partial charge in [0.05, 0.1) is 0 Å². The molecule has 0 radical (unpaired) electrons. The Bertz CT molecular complexity index is 1020. The first-order chi connectivity index (χ1) is 12.9. The van der Waals surface area contributed by atoms with Crippen LogP contribution in [0.5, 0.6) is 0 Å². The molecule has 0 unspecified atom stereocenters. The van der Waals surface area contributed by atoms with E-state index in [-0.39, 0.29) is 11.5 Å². The number of anilines is 2. The lowest BCUT2D eigenvalue weighted by molar-refractivity contribution is 0.102. The molecule has 2 N–H and O–H groups in total. The first kappa shape index (κ1) is 18.6. The third-order valence-electron chi connectivity index (χ3n) is 3.99. The minimum Gasteiger partial charge on any atom is -0.322 e. The van der Waals surface area contributed by atoms with Crippen molar-refractivity contribution in [1.82, 2.24) is 0 Å². The molecule has 2 amide bonds. The highest BCUT2D eigenvalue weighted by Crippen LogP contribution is 2.23. The molecule has 0 saturated heterocycles. The van der Waals surface area contributed by atoms with E-state index in [1.165, 1.54) is 24.3 Å². The van der Waals surface area contributed by atoms with Crippen molar-refractivity contribution >= 4 is 34.8 Å². The maximum atomic E-state index is 13.2. The Balaban J connectivity index is 1.77. The summed E-state index contributed by atoms with van der Waals surface area (Å²) < 4.78 is 13.2. The number of carbonyl (C=O) groups is 2. The third kappa shape index (κ3) is 4.51. The molecule has 136 valence electrons. The number of nitrogens with one attached hydrogen (secondary N) is 2. The number of hydrogen-bond donors (Lipinski definition) is 2. The van der Waals surface area contributed by atoms with Crippen LogP contribution in [0.1, 0.15) is 26.3 Å². The largest absolute Gasteiger partial charge is 0.322 e. The lowest BCUT2D eigenvalue weighted by atomic mass is 10.1. The van der Waals surface area contributed by atoms with Gasteiger partial charge in [0, 0.05) is 27.5 Å². The second-order valence-corrected chi connectivity index (χ2v) is 6.32. The summed E-state index contributed by atoms with van der Waals surface area (Å²) in [5.74, 6) is -1.24. The Hall–Kier alpha value is -3.18. The number of halogens is 2. The second-order valence-electron chi connectivity index (χ2n) is 5.91. The second kappa shape index (κ2) is 8.01. The molecule has 4 nitrogen and oxygen atoms in total. The van der Waals surface area contributed by atoms with E-state index in [0.717, 1.165) is 5.56 Å². The molecule has 0 aliphatic heterocycles. The molecule has 3 aromatic rings. The lowest BCUT2D eigenvalue weighted by Gasteiger charge is -2.10. The minimum atomic E-state index is -0.446. The molecule has 0 atom stereocenters. The first-order valence-corrected chi connectivity index (χ1v) is 8.55. The fourth-order valence-electron chi connectivity index (χ4n) is 2.51. The Morgan fingerprint density at radius 3 is 2.19 bits per heavy atom. The molecule has 6 heteroatoms. The summed E-state index contributed by atoms with van der Waals surface area (Å²) >= 11 is 6.07. The number of benzene rings is 3. The first-order valence-electron chi connectivity index (χ1n) is 8.17. The number of amides is 2. The highest BCUT2D eigenvalue weighted by Gasteiger charge is 2.13. The summed E-state index contributed by atoms with van der Waals surface area (Å²) in [5.41, 5.74) is 2.30. The van der Waals surface area contributed by atoms with Crippen molar-refractivity contribution in [1.29, 1.82) is 0 Å². The highest BCUT2D eigenvalue weighted by molar-refractivity contribution is 6.31. The summed E-state index contributed by atoms with van der Waals surface area (Å²) in [6, 6.07) is 17.1. The molecule has 0 aliphatic rings. The summed E-state index contributed by atoms with van der Waals surface area (Å²) in [4.78, 5) is 24.9. The third-order valence-corrected chi connectivity index (χ3v) is 4.39. The summed E-state index contributed by atoms with van der Waals surface area (Å²) in [5, 5.41) is 5.94. The zero-order valence-electron chi connectivity index (χ0n) is 14.4. The van der Waals surface area contributed by atoms with Gasteiger partial charge in [-0.3, -0.25) is 9.59 Å². The summed E-state index contributed by atoms with van der Waals surface area (Å²) in [7, 11) is 0. The SMILES string of the molecule is Cc1c(Cl)cccc1NC(=O)c1cccc(C(=O)Nc2cccc(F)c2)c1. The maximum Gasteiger partial charge on any atom is 0.255 e. The van der Waals surface area contributed by atoms with Gasteiger partial charge in [-0.05, 0) is 61.0 Å². The summed E-state index contributed by atoms with van der Waals surface area (Å²) in [6.07, 6.45) is 0. The van der Waals surface area contributed by atoms with E-state index in [1.807, 2.05) is 0 Å². The van der Waals surface area contributed by atoms with Crippen LogP contribution in [-0.2, 0) is 0 Å². The molecule has 3 rings (SSSR count). The predicted molar refractivity (Wildman–Crippen MR) is 105 cm³/mol. The molecular weight excluding hydrogens is 367 g/mol. The van der Waals surface area contributed by atoms with Gasteiger partial charge in [-0.1, -0.05) is 29.8 Å². The Morgan fingerprint density at radius 2 is 1.48 bits per heavy atom. The van der Waals surface area contributed by atoms with E-state index >= 15 is 0 Å². The molecule has 0 bridgehead atoms. The van der Waals surface area contributed by atoms with Crippen molar-refractivity contribution in [2.24, 2.45) is 0 Å². The van der Waals surface area contributed by atoms with E-state index in [9.17, 15) is 14.0 Å². The van der Waals surface area contributed by atoms with Crippen molar-refractivity contribution in [2.75, 3.05) is 10.6 Å². The van der Waals surface area contributed by atoms with Crippen LogP contribution < -0.4 is 10.6 Å². The van der Waals surface area contributed by atoms with Crippen LogP contribution in [0.3, 0.4) is 0 Å². The van der Waals surface area contributed by atoms with E-state index < -0.39 is 11.7 Å².